The van der Waals surface area contributed by atoms with E-state index in [0.717, 1.165) is 0 Å². The zero-order valence-electron chi connectivity index (χ0n) is 37.2. The van der Waals surface area contributed by atoms with Gasteiger partial charge in [0.1, 0.15) is 59.9 Å². The Labute approximate surface area is 389 Å². The van der Waals surface area contributed by atoms with Gasteiger partial charge in [-0.1, -0.05) is 36.4 Å². The number of Topliss-reactive ketones (excluding diaryl/α,β-unsaturated/α-hetero) is 2. The molecule has 6 atom stereocenters. The van der Waals surface area contributed by atoms with Crippen molar-refractivity contribution in [3.05, 3.63) is 105 Å². The first kappa shape index (κ1) is 50.4. The normalized spacial score (nSPS) is 20.2. The smallest absolute Gasteiger partial charge is 0.389 e. The minimum atomic E-state index is -4.28. The van der Waals surface area contributed by atoms with E-state index in [-0.39, 0.29) is 74.0 Å². The topological polar surface area (TPSA) is 253 Å². The van der Waals surface area contributed by atoms with E-state index in [0.29, 0.717) is 34.0 Å². The van der Waals surface area contributed by atoms with Gasteiger partial charge in [0.05, 0.1) is 32.1 Å². The molecule has 2 fully saturated rings. The number of ether oxygens (including phenoxy) is 6. The van der Waals surface area contributed by atoms with Gasteiger partial charge in [-0.3, -0.25) is 27.8 Å². The second-order valence-corrected chi connectivity index (χ2v) is 19.8. The molecule has 356 valence electrons. The number of nitriles is 1. The summed E-state index contributed by atoms with van der Waals surface area (Å²) in [5, 5.41) is 9.31. The van der Waals surface area contributed by atoms with Crippen molar-refractivity contribution in [2.45, 2.75) is 110 Å². The van der Waals surface area contributed by atoms with E-state index in [9.17, 15) is 38.6 Å². The van der Waals surface area contributed by atoms with E-state index in [1.807, 2.05) is 18.2 Å². The van der Waals surface area contributed by atoms with Gasteiger partial charge >= 0.3 is 30.1 Å². The molecule has 0 bridgehead atoms. The second kappa shape index (κ2) is 23.6. The Morgan fingerprint density at radius 2 is 1.13 bits per heavy atom. The third-order valence-electron chi connectivity index (χ3n) is 10.3. The number of nitrogens with zero attached hydrogens (tertiary/aromatic N) is 5. The van der Waals surface area contributed by atoms with Crippen LogP contribution in [0.1, 0.15) is 82.4 Å². The lowest BCUT2D eigenvalue weighted by molar-refractivity contribution is -0.153. The molecular formula is C45H50N5O15PS. The standard InChI is InChI=1S/C45H50N5O15PS/c1-28-24-49(44(55)47-42(28)60-32-12-7-5-8-13-32)38-22-34(64-40(53)18-16-30(3)51)36(62-38)26-58-66(57,67-21-11-20-46)59-27-37-35(65-41(54)19-17-31(4)52)23-39(63-37)50-25-29(2)43(48-45(50)56)61-33-14-9-6-10-15-33/h5-10,12-15,24-25,34-39H,11,16-19,21-23,26-27H2,1-4H3/t34-,35-,36+,37+,38+,39+/m0/s1. The summed E-state index contributed by atoms with van der Waals surface area (Å²) < 4.78 is 64.4. The van der Waals surface area contributed by atoms with Crippen LogP contribution >= 0.6 is 18.2 Å². The average molecular weight is 964 g/mol. The molecule has 6 rings (SSSR count). The van der Waals surface area contributed by atoms with Gasteiger partial charge in [0.25, 0.3) is 0 Å². The minimum Gasteiger partial charge on any atom is -0.459 e. The molecule has 2 aliphatic rings. The Balaban J connectivity index is 1.20. The average Bonchev–Trinajstić information content (AvgIpc) is 3.89. The summed E-state index contributed by atoms with van der Waals surface area (Å²) in [5.41, 5.74) is -0.500. The maximum absolute atomic E-state index is 14.5. The summed E-state index contributed by atoms with van der Waals surface area (Å²) in [7, 11) is 0. The number of hydrogen-bond donors (Lipinski definition) is 0. The van der Waals surface area contributed by atoms with Crippen molar-refractivity contribution < 1.29 is 61.2 Å². The van der Waals surface area contributed by atoms with Crippen LogP contribution in [0.4, 0.5) is 0 Å². The third-order valence-corrected chi connectivity index (χ3v) is 14.0. The molecular weight excluding hydrogens is 914 g/mol. The van der Waals surface area contributed by atoms with Crippen LogP contribution in [0.5, 0.6) is 23.3 Å². The molecule has 2 aliphatic heterocycles. The monoisotopic (exact) mass is 963 g/mol. The molecule has 0 radical (unpaired) electrons. The number of benzene rings is 2. The number of aromatic nitrogens is 4. The van der Waals surface area contributed by atoms with E-state index in [4.69, 9.17) is 37.5 Å². The number of esters is 2. The fourth-order valence-electron chi connectivity index (χ4n) is 6.87. The first-order valence-electron chi connectivity index (χ1n) is 21.3. The molecule has 0 spiro atoms. The molecule has 2 aromatic heterocycles. The summed E-state index contributed by atoms with van der Waals surface area (Å²) >= 11 is 0.705. The minimum absolute atomic E-state index is 0.00151. The number of ketones is 2. The van der Waals surface area contributed by atoms with Gasteiger partial charge in [0, 0.05) is 61.4 Å². The number of rotatable bonds is 23. The SMILES string of the molecule is CC(=O)CCC(=O)O[C@H]1C[C@H](n2cc(C)c(Oc3ccccc3)nc2=O)O[C@@H]1COP(=O)(OC[C@H]1O[C@@H](n2cc(C)c(Oc3ccccc3)nc2=O)C[C@@H]1OC(=O)CCC(C)=O)SCCC#N. The molecule has 4 aromatic rings. The van der Waals surface area contributed by atoms with Crippen LogP contribution in [-0.2, 0) is 51.7 Å². The summed E-state index contributed by atoms with van der Waals surface area (Å²) in [4.78, 5) is 84.1. The Morgan fingerprint density at radius 1 is 0.716 bits per heavy atom. The summed E-state index contributed by atoms with van der Waals surface area (Å²) in [6, 6.07) is 19.5. The lowest BCUT2D eigenvalue weighted by Gasteiger charge is -2.25. The predicted molar refractivity (Wildman–Crippen MR) is 238 cm³/mol. The second-order valence-electron chi connectivity index (χ2n) is 15.6. The first-order chi connectivity index (χ1) is 32.1. The van der Waals surface area contributed by atoms with Gasteiger partial charge in [0.15, 0.2) is 0 Å². The lowest BCUT2D eigenvalue weighted by Crippen LogP contribution is -2.32. The maximum atomic E-state index is 14.5. The van der Waals surface area contributed by atoms with Crippen molar-refractivity contribution in [3.8, 4) is 29.3 Å². The highest BCUT2D eigenvalue weighted by Crippen LogP contribution is 2.61. The molecule has 4 heterocycles. The highest BCUT2D eigenvalue weighted by Gasteiger charge is 2.44. The molecule has 22 heteroatoms. The van der Waals surface area contributed by atoms with Crippen LogP contribution in [0.25, 0.3) is 0 Å². The largest absolute Gasteiger partial charge is 0.459 e. The number of para-hydroxylation sites is 2. The van der Waals surface area contributed by atoms with Gasteiger partial charge in [-0.25, -0.2) is 14.2 Å². The zero-order chi connectivity index (χ0) is 48.1. The molecule has 0 saturated carbocycles. The Hall–Kier alpha value is -6.01. The quantitative estimate of drug-likeness (QED) is 0.0429. The predicted octanol–water partition coefficient (Wildman–Crippen LogP) is 6.63. The van der Waals surface area contributed by atoms with Crippen LogP contribution in [0, 0.1) is 25.2 Å². The maximum Gasteiger partial charge on any atom is 0.389 e. The van der Waals surface area contributed by atoms with E-state index in [2.05, 4.69) is 9.97 Å². The van der Waals surface area contributed by atoms with Crippen molar-refractivity contribution in [1.29, 1.82) is 5.26 Å². The number of carbonyl (C=O) groups excluding carboxylic acids is 4. The molecule has 20 nitrogen and oxygen atoms in total. The van der Waals surface area contributed by atoms with Gasteiger partial charge in [0.2, 0.25) is 11.8 Å². The van der Waals surface area contributed by atoms with Crippen LogP contribution in [-0.4, -0.2) is 86.0 Å². The van der Waals surface area contributed by atoms with Gasteiger partial charge in [-0.15, -0.1) is 0 Å². The fraction of sp³-hybridized carbons (Fsp3) is 0.444. The van der Waals surface area contributed by atoms with Gasteiger partial charge < -0.3 is 38.0 Å². The third kappa shape index (κ3) is 14.5. The highest BCUT2D eigenvalue weighted by molar-refractivity contribution is 8.55. The van der Waals surface area contributed by atoms with E-state index < -0.39 is 80.2 Å². The summed E-state index contributed by atoms with van der Waals surface area (Å²) in [5.74, 6) is -0.830. The Morgan fingerprint density at radius 3 is 1.52 bits per heavy atom. The first-order valence-corrected chi connectivity index (χ1v) is 24.5. The molecule has 67 heavy (non-hydrogen) atoms. The Bertz CT molecular complexity index is 2440. The van der Waals surface area contributed by atoms with Crippen molar-refractivity contribution >= 4 is 41.7 Å². The van der Waals surface area contributed by atoms with Crippen LogP contribution < -0.4 is 20.9 Å². The van der Waals surface area contributed by atoms with Crippen molar-refractivity contribution in [3.63, 3.8) is 0 Å². The van der Waals surface area contributed by atoms with Crippen LogP contribution in [0.15, 0.2) is 82.6 Å². The molecule has 2 aromatic carbocycles. The highest BCUT2D eigenvalue weighted by atomic mass is 32.7. The zero-order valence-corrected chi connectivity index (χ0v) is 38.9. The summed E-state index contributed by atoms with van der Waals surface area (Å²) in [6.07, 6.45) is -4.27. The molecule has 2 saturated heterocycles. The van der Waals surface area contributed by atoms with E-state index in [1.54, 1.807) is 62.4 Å². The summed E-state index contributed by atoms with van der Waals surface area (Å²) in [6.45, 7) is 0.735. The van der Waals surface area contributed by atoms with Crippen LogP contribution in [0.3, 0.4) is 0 Å². The van der Waals surface area contributed by atoms with E-state index >= 15 is 0 Å². The van der Waals surface area contributed by atoms with Crippen LogP contribution in [0.2, 0.25) is 0 Å². The molecule has 0 aliphatic carbocycles. The number of carbonyl (C=O) groups is 4. The molecule has 0 unspecified atom stereocenters. The van der Waals surface area contributed by atoms with E-state index in [1.165, 1.54) is 35.4 Å². The van der Waals surface area contributed by atoms with Gasteiger partial charge in [-0.2, -0.15) is 15.2 Å². The van der Waals surface area contributed by atoms with Crippen molar-refractivity contribution in [2.75, 3.05) is 19.0 Å². The fourth-order valence-corrected chi connectivity index (χ4v) is 9.92. The Kier molecular flexibility index (Phi) is 17.8. The van der Waals surface area contributed by atoms with Gasteiger partial charge in [-0.05, 0) is 63.3 Å². The van der Waals surface area contributed by atoms with Crippen molar-refractivity contribution in [2.24, 2.45) is 0 Å². The molecule has 0 amide bonds. The van der Waals surface area contributed by atoms with Crippen molar-refractivity contribution in [1.82, 2.24) is 19.1 Å². The lowest BCUT2D eigenvalue weighted by atomic mass is 10.1. The molecule has 0 N–H and O–H groups in total. The number of aryl methyl sites for hydroxylation is 2. The number of hydrogen-bond acceptors (Lipinski definition) is 19.